The Labute approximate surface area is 184 Å². The summed E-state index contributed by atoms with van der Waals surface area (Å²) in [5.74, 6) is 0.00952. The maximum Gasteiger partial charge on any atom is 0.306 e. The van der Waals surface area contributed by atoms with Crippen LogP contribution in [-0.2, 0) is 23.8 Å². The van der Waals surface area contributed by atoms with Crippen LogP contribution < -0.4 is 4.74 Å². The van der Waals surface area contributed by atoms with Gasteiger partial charge in [0.2, 0.25) is 11.8 Å². The number of hydrogen-bond donors (Lipinski definition) is 0. The number of pyridine rings is 1. The molecule has 1 aromatic rings. The van der Waals surface area contributed by atoms with Crippen molar-refractivity contribution in [2.24, 2.45) is 5.92 Å². The first-order valence-corrected chi connectivity index (χ1v) is 11.1. The topological polar surface area (TPSA) is 87.2 Å². The van der Waals surface area contributed by atoms with Gasteiger partial charge in [0.1, 0.15) is 0 Å². The summed E-state index contributed by atoms with van der Waals surface area (Å²) in [6.45, 7) is 4.68. The lowest BCUT2D eigenvalue weighted by atomic mass is 9.92. The maximum absolute atomic E-state index is 12.8. The van der Waals surface area contributed by atoms with E-state index in [2.05, 4.69) is 4.98 Å². The lowest BCUT2D eigenvalue weighted by molar-refractivity contribution is -0.151. The summed E-state index contributed by atoms with van der Waals surface area (Å²) in [5, 5.41) is 0. The SMILES string of the molecule is COC(=O)CC(CCCN1CCC(CCC2(C)OCCO2)C1=O)c1ccc(OC)nc1. The molecule has 3 heterocycles. The van der Waals surface area contributed by atoms with E-state index in [9.17, 15) is 9.59 Å². The molecule has 0 spiro atoms. The largest absolute Gasteiger partial charge is 0.481 e. The number of methoxy groups -OCH3 is 2. The van der Waals surface area contributed by atoms with Gasteiger partial charge in [0.05, 0.1) is 33.9 Å². The molecule has 0 N–H and O–H groups in total. The van der Waals surface area contributed by atoms with Gasteiger partial charge in [0, 0.05) is 37.7 Å². The van der Waals surface area contributed by atoms with E-state index in [0.717, 1.165) is 44.2 Å². The number of aromatic nitrogens is 1. The van der Waals surface area contributed by atoms with Gasteiger partial charge in [-0.05, 0) is 44.1 Å². The minimum Gasteiger partial charge on any atom is -0.481 e. The number of carbonyl (C=O) groups is 2. The fourth-order valence-corrected chi connectivity index (χ4v) is 4.38. The van der Waals surface area contributed by atoms with Gasteiger partial charge in [-0.1, -0.05) is 6.07 Å². The molecule has 0 aromatic carbocycles. The van der Waals surface area contributed by atoms with Crippen LogP contribution in [0, 0.1) is 5.92 Å². The summed E-state index contributed by atoms with van der Waals surface area (Å²) in [5.41, 5.74) is 0.974. The molecule has 2 unspecified atom stereocenters. The molecule has 8 heteroatoms. The van der Waals surface area contributed by atoms with Crippen LogP contribution in [0.5, 0.6) is 5.88 Å². The molecule has 3 rings (SSSR count). The number of rotatable bonds is 11. The normalized spacial score (nSPS) is 21.3. The molecule has 2 fully saturated rings. The molecule has 1 aromatic heterocycles. The predicted octanol–water partition coefficient (Wildman–Crippen LogP) is 2.91. The second-order valence-corrected chi connectivity index (χ2v) is 8.43. The number of esters is 1. The van der Waals surface area contributed by atoms with Crippen LogP contribution in [0.1, 0.15) is 56.9 Å². The van der Waals surface area contributed by atoms with Crippen LogP contribution >= 0.6 is 0 Å². The molecule has 2 aliphatic heterocycles. The highest BCUT2D eigenvalue weighted by molar-refractivity contribution is 5.80. The highest BCUT2D eigenvalue weighted by Gasteiger charge is 2.36. The van der Waals surface area contributed by atoms with Gasteiger partial charge in [-0.3, -0.25) is 9.59 Å². The van der Waals surface area contributed by atoms with Crippen molar-refractivity contribution in [3.8, 4) is 5.88 Å². The van der Waals surface area contributed by atoms with E-state index in [0.29, 0.717) is 32.1 Å². The van der Waals surface area contributed by atoms with Gasteiger partial charge in [-0.25, -0.2) is 4.98 Å². The second-order valence-electron chi connectivity index (χ2n) is 8.43. The quantitative estimate of drug-likeness (QED) is 0.495. The molecule has 31 heavy (non-hydrogen) atoms. The Morgan fingerprint density at radius 1 is 1.32 bits per heavy atom. The fourth-order valence-electron chi connectivity index (χ4n) is 4.38. The van der Waals surface area contributed by atoms with Crippen molar-refractivity contribution in [3.63, 3.8) is 0 Å². The van der Waals surface area contributed by atoms with E-state index in [1.54, 1.807) is 19.4 Å². The van der Waals surface area contributed by atoms with E-state index in [1.165, 1.54) is 7.11 Å². The second kappa shape index (κ2) is 10.9. The van der Waals surface area contributed by atoms with Crippen LogP contribution in [0.2, 0.25) is 0 Å². The molecule has 8 nitrogen and oxygen atoms in total. The molecule has 0 bridgehead atoms. The third kappa shape index (κ3) is 6.40. The van der Waals surface area contributed by atoms with Crippen molar-refractivity contribution >= 4 is 11.9 Å². The van der Waals surface area contributed by atoms with Crippen molar-refractivity contribution in [1.29, 1.82) is 0 Å². The highest BCUT2D eigenvalue weighted by atomic mass is 16.7. The Kier molecular flexibility index (Phi) is 8.26. The zero-order valence-electron chi connectivity index (χ0n) is 18.8. The third-order valence-electron chi connectivity index (χ3n) is 6.31. The molecule has 1 amide bonds. The predicted molar refractivity (Wildman–Crippen MR) is 114 cm³/mol. The van der Waals surface area contributed by atoms with Crippen molar-refractivity contribution in [3.05, 3.63) is 23.9 Å². The first-order chi connectivity index (χ1) is 14.9. The van der Waals surface area contributed by atoms with Crippen molar-refractivity contribution in [2.75, 3.05) is 40.5 Å². The number of hydrogen-bond acceptors (Lipinski definition) is 7. The Morgan fingerprint density at radius 2 is 2.10 bits per heavy atom. The Bertz CT molecular complexity index is 732. The summed E-state index contributed by atoms with van der Waals surface area (Å²) < 4.78 is 21.3. The van der Waals surface area contributed by atoms with Crippen LogP contribution in [0.25, 0.3) is 0 Å². The number of carbonyl (C=O) groups excluding carboxylic acids is 2. The lowest BCUT2D eigenvalue weighted by Gasteiger charge is -2.23. The van der Waals surface area contributed by atoms with E-state index < -0.39 is 5.79 Å². The summed E-state index contributed by atoms with van der Waals surface area (Å²) in [6, 6.07) is 3.73. The average Bonchev–Trinajstić information content (AvgIpc) is 3.37. The lowest BCUT2D eigenvalue weighted by Crippen LogP contribution is -2.30. The minimum atomic E-state index is -0.540. The van der Waals surface area contributed by atoms with Crippen molar-refractivity contribution in [1.82, 2.24) is 9.88 Å². The summed E-state index contributed by atoms with van der Waals surface area (Å²) in [4.78, 5) is 30.9. The van der Waals surface area contributed by atoms with E-state index in [-0.39, 0.29) is 23.7 Å². The van der Waals surface area contributed by atoms with Crippen LogP contribution in [0.4, 0.5) is 0 Å². The molecule has 2 aliphatic rings. The van der Waals surface area contributed by atoms with Gasteiger partial charge in [-0.2, -0.15) is 0 Å². The molecule has 0 radical (unpaired) electrons. The smallest absolute Gasteiger partial charge is 0.306 e. The van der Waals surface area contributed by atoms with Crippen LogP contribution in [-0.4, -0.2) is 68.1 Å². The van der Waals surface area contributed by atoms with Crippen LogP contribution in [0.3, 0.4) is 0 Å². The Morgan fingerprint density at radius 3 is 2.74 bits per heavy atom. The standard InChI is InChI=1S/C23H34N2O6/c1-23(30-13-14-31-23)10-8-17-9-12-25(22(17)27)11-4-5-18(15-21(26)29-3)19-6-7-20(28-2)24-16-19/h6-7,16-18H,4-5,8-15H2,1-3H3. The van der Waals surface area contributed by atoms with Gasteiger partial charge >= 0.3 is 5.97 Å². The van der Waals surface area contributed by atoms with E-state index in [1.807, 2.05) is 17.9 Å². The zero-order valence-corrected chi connectivity index (χ0v) is 18.8. The first kappa shape index (κ1) is 23.5. The Balaban J connectivity index is 1.48. The summed E-state index contributed by atoms with van der Waals surface area (Å²) >= 11 is 0. The number of likely N-dealkylation sites (tertiary alicyclic amines) is 1. The minimum absolute atomic E-state index is 0.00373. The number of ether oxygens (including phenoxy) is 4. The van der Waals surface area contributed by atoms with Gasteiger partial charge in [0.15, 0.2) is 5.79 Å². The van der Waals surface area contributed by atoms with E-state index >= 15 is 0 Å². The molecular formula is C23H34N2O6. The number of amides is 1. The van der Waals surface area contributed by atoms with Gasteiger partial charge in [0.25, 0.3) is 0 Å². The fraction of sp³-hybridized carbons (Fsp3) is 0.696. The zero-order chi connectivity index (χ0) is 22.3. The first-order valence-electron chi connectivity index (χ1n) is 11.1. The monoisotopic (exact) mass is 434 g/mol. The van der Waals surface area contributed by atoms with E-state index in [4.69, 9.17) is 18.9 Å². The molecule has 2 saturated heterocycles. The van der Waals surface area contributed by atoms with Gasteiger partial charge in [-0.15, -0.1) is 0 Å². The molecule has 2 atom stereocenters. The maximum atomic E-state index is 12.8. The molecule has 0 aliphatic carbocycles. The average molecular weight is 435 g/mol. The molecule has 172 valence electrons. The Hall–Kier alpha value is -2.19. The summed E-state index contributed by atoms with van der Waals surface area (Å²) in [6.07, 6.45) is 6.03. The highest BCUT2D eigenvalue weighted by Crippen LogP contribution is 2.31. The van der Waals surface area contributed by atoms with Crippen molar-refractivity contribution < 1.29 is 28.5 Å². The molecular weight excluding hydrogens is 400 g/mol. The van der Waals surface area contributed by atoms with Crippen molar-refractivity contribution in [2.45, 2.75) is 57.2 Å². The molecule has 0 saturated carbocycles. The van der Waals surface area contributed by atoms with Crippen LogP contribution in [0.15, 0.2) is 18.3 Å². The van der Waals surface area contributed by atoms with Gasteiger partial charge < -0.3 is 23.8 Å². The summed E-state index contributed by atoms with van der Waals surface area (Å²) in [7, 11) is 2.97. The number of nitrogens with zero attached hydrogens (tertiary/aromatic N) is 2. The third-order valence-corrected chi connectivity index (χ3v) is 6.31.